The third-order valence-electron chi connectivity index (χ3n) is 2.34. The Morgan fingerprint density at radius 1 is 1.65 bits per heavy atom. The third kappa shape index (κ3) is 3.75. The largest absolute Gasteiger partial charge is 0.409 e. The van der Waals surface area contributed by atoms with Gasteiger partial charge in [0.1, 0.15) is 5.84 Å². The van der Waals surface area contributed by atoms with Crippen molar-refractivity contribution in [1.29, 1.82) is 0 Å². The summed E-state index contributed by atoms with van der Waals surface area (Å²) in [5, 5.41) is 11.3. The number of nitrogens with two attached hydrogens (primary N) is 1. The lowest BCUT2D eigenvalue weighted by molar-refractivity contribution is 0.0768. The van der Waals surface area contributed by atoms with Gasteiger partial charge in [0.15, 0.2) is 0 Å². The molecule has 0 fully saturated rings. The van der Waals surface area contributed by atoms with E-state index >= 15 is 0 Å². The molecule has 1 rings (SSSR count). The van der Waals surface area contributed by atoms with Gasteiger partial charge in [-0.3, -0.25) is 9.78 Å². The van der Waals surface area contributed by atoms with Crippen molar-refractivity contribution in [2.45, 2.75) is 13.3 Å². The van der Waals surface area contributed by atoms with Crippen molar-refractivity contribution < 1.29 is 10.0 Å². The van der Waals surface area contributed by atoms with E-state index < -0.39 is 0 Å². The van der Waals surface area contributed by atoms with Crippen molar-refractivity contribution in [3.8, 4) is 0 Å². The maximum absolute atomic E-state index is 12.0. The monoisotopic (exact) mass is 236 g/mol. The van der Waals surface area contributed by atoms with Gasteiger partial charge in [0.05, 0.1) is 5.56 Å². The number of nitrogens with zero attached hydrogens (tertiary/aromatic N) is 3. The zero-order valence-electron chi connectivity index (χ0n) is 9.71. The van der Waals surface area contributed by atoms with Gasteiger partial charge >= 0.3 is 0 Å². The van der Waals surface area contributed by atoms with Gasteiger partial charge in [-0.25, -0.2) is 0 Å². The summed E-state index contributed by atoms with van der Waals surface area (Å²) >= 11 is 0. The van der Waals surface area contributed by atoms with Gasteiger partial charge in [-0.1, -0.05) is 5.16 Å². The van der Waals surface area contributed by atoms with Crippen LogP contribution in [0.2, 0.25) is 0 Å². The minimum Gasteiger partial charge on any atom is -0.409 e. The topological polar surface area (TPSA) is 91.8 Å². The molecule has 0 spiro atoms. The molecule has 6 nitrogen and oxygen atoms in total. The molecule has 1 heterocycles. The van der Waals surface area contributed by atoms with Crippen molar-refractivity contribution in [2.24, 2.45) is 10.9 Å². The highest BCUT2D eigenvalue weighted by atomic mass is 16.4. The zero-order chi connectivity index (χ0) is 12.7. The summed E-state index contributed by atoms with van der Waals surface area (Å²) in [6, 6.07) is 3.42. The van der Waals surface area contributed by atoms with E-state index in [1.807, 2.05) is 6.92 Å². The second-order valence-electron chi connectivity index (χ2n) is 3.47. The van der Waals surface area contributed by atoms with Crippen LogP contribution in [0, 0.1) is 0 Å². The lowest BCUT2D eigenvalue weighted by atomic mass is 10.2. The number of hydrogen-bond donors (Lipinski definition) is 2. The normalized spacial score (nSPS) is 11.2. The highest BCUT2D eigenvalue weighted by Gasteiger charge is 2.14. The van der Waals surface area contributed by atoms with Crippen molar-refractivity contribution in [3.63, 3.8) is 0 Å². The summed E-state index contributed by atoms with van der Waals surface area (Å²) in [5.74, 6) is 0.00813. The van der Waals surface area contributed by atoms with E-state index in [0.717, 1.165) is 0 Å². The average Bonchev–Trinajstić information content (AvgIpc) is 2.39. The molecule has 0 unspecified atom stereocenters. The van der Waals surface area contributed by atoms with Crippen molar-refractivity contribution in [1.82, 2.24) is 9.88 Å². The fraction of sp³-hybridized carbons (Fsp3) is 0.364. The van der Waals surface area contributed by atoms with Crippen LogP contribution in [-0.2, 0) is 0 Å². The lowest BCUT2D eigenvalue weighted by Crippen LogP contribution is -2.34. The molecule has 1 aromatic heterocycles. The lowest BCUT2D eigenvalue weighted by Gasteiger charge is -2.20. The molecule has 3 N–H and O–H groups in total. The summed E-state index contributed by atoms with van der Waals surface area (Å²) in [6.45, 7) is 2.85. The van der Waals surface area contributed by atoms with E-state index in [1.165, 1.54) is 6.20 Å². The van der Waals surface area contributed by atoms with E-state index in [-0.39, 0.29) is 11.7 Å². The first-order chi connectivity index (χ1) is 8.19. The Hall–Kier alpha value is -2.11. The molecule has 0 aliphatic rings. The molecule has 0 saturated heterocycles. The van der Waals surface area contributed by atoms with Gasteiger partial charge in [0, 0.05) is 31.9 Å². The van der Waals surface area contributed by atoms with E-state index in [9.17, 15) is 4.79 Å². The standard InChI is InChI=1S/C11H16N4O2/c1-2-15(7-5-10(12)14-17)11(16)9-4-3-6-13-8-9/h3-4,6,8,17H,2,5,7H2,1H3,(H2,12,14). The molecule has 0 saturated carbocycles. The molecule has 0 radical (unpaired) electrons. The van der Waals surface area contributed by atoms with Crippen molar-refractivity contribution in [3.05, 3.63) is 30.1 Å². The number of amides is 1. The average molecular weight is 236 g/mol. The van der Waals surface area contributed by atoms with Crippen LogP contribution in [0.25, 0.3) is 0 Å². The summed E-state index contributed by atoms with van der Waals surface area (Å²) in [6.07, 6.45) is 3.48. The molecule has 1 aromatic rings. The van der Waals surface area contributed by atoms with Crippen LogP contribution in [0.15, 0.2) is 29.7 Å². The molecule has 1 amide bonds. The molecule has 92 valence electrons. The number of hydrogen-bond acceptors (Lipinski definition) is 4. The second-order valence-corrected chi connectivity index (χ2v) is 3.47. The molecule has 0 bridgehead atoms. The third-order valence-corrected chi connectivity index (χ3v) is 2.34. The minimum atomic E-state index is -0.105. The van der Waals surface area contributed by atoms with Gasteiger partial charge in [-0.15, -0.1) is 0 Å². The van der Waals surface area contributed by atoms with Gasteiger partial charge in [0.25, 0.3) is 5.91 Å². The predicted molar refractivity (Wildman–Crippen MR) is 63.8 cm³/mol. The SMILES string of the molecule is CCN(CCC(N)=NO)C(=O)c1cccnc1. The fourth-order valence-electron chi connectivity index (χ4n) is 1.37. The first kappa shape index (κ1) is 13.0. The maximum Gasteiger partial charge on any atom is 0.255 e. The quantitative estimate of drug-likeness (QED) is 0.340. The van der Waals surface area contributed by atoms with E-state index in [0.29, 0.717) is 25.1 Å². The summed E-state index contributed by atoms with van der Waals surface area (Å²) in [5.41, 5.74) is 5.90. The molecule has 0 aliphatic carbocycles. The number of amidine groups is 1. The van der Waals surface area contributed by atoms with Crippen LogP contribution < -0.4 is 5.73 Å². The second kappa shape index (κ2) is 6.47. The number of carbonyl (C=O) groups is 1. The first-order valence-corrected chi connectivity index (χ1v) is 5.34. The molecule has 0 atom stereocenters. The van der Waals surface area contributed by atoms with E-state index in [1.54, 1.807) is 23.2 Å². The maximum atomic E-state index is 12.0. The van der Waals surface area contributed by atoms with Gasteiger partial charge in [-0.05, 0) is 19.1 Å². The molecule has 17 heavy (non-hydrogen) atoms. The Labute approximate surface area is 99.7 Å². The molecule has 6 heteroatoms. The first-order valence-electron chi connectivity index (χ1n) is 5.34. The van der Waals surface area contributed by atoms with Crippen molar-refractivity contribution in [2.75, 3.05) is 13.1 Å². The van der Waals surface area contributed by atoms with Crippen molar-refractivity contribution >= 4 is 11.7 Å². The molecule has 0 aliphatic heterocycles. The Bertz CT molecular complexity index is 392. The van der Waals surface area contributed by atoms with Crippen LogP contribution in [0.1, 0.15) is 23.7 Å². The Kier molecular flexibility index (Phi) is 4.93. The highest BCUT2D eigenvalue weighted by Crippen LogP contribution is 2.03. The minimum absolute atomic E-state index is 0.105. The van der Waals surface area contributed by atoms with Gasteiger partial charge in [-0.2, -0.15) is 0 Å². The van der Waals surface area contributed by atoms with Gasteiger partial charge in [0.2, 0.25) is 0 Å². The molecular weight excluding hydrogens is 220 g/mol. The molecular formula is C11H16N4O2. The number of carbonyl (C=O) groups excluding carboxylic acids is 1. The Balaban J connectivity index is 2.65. The highest BCUT2D eigenvalue weighted by molar-refractivity contribution is 5.94. The predicted octanol–water partition coefficient (Wildman–Crippen LogP) is 0.680. The smallest absolute Gasteiger partial charge is 0.255 e. The Morgan fingerprint density at radius 3 is 2.94 bits per heavy atom. The van der Waals surface area contributed by atoms with Gasteiger partial charge < -0.3 is 15.8 Å². The summed E-state index contributed by atoms with van der Waals surface area (Å²) in [4.78, 5) is 17.5. The summed E-state index contributed by atoms with van der Waals surface area (Å²) in [7, 11) is 0. The fourth-order valence-corrected chi connectivity index (χ4v) is 1.37. The van der Waals surface area contributed by atoms with Crippen LogP contribution >= 0.6 is 0 Å². The zero-order valence-corrected chi connectivity index (χ0v) is 9.71. The van der Waals surface area contributed by atoms with Crippen LogP contribution in [0.5, 0.6) is 0 Å². The van der Waals surface area contributed by atoms with Crippen LogP contribution in [0.3, 0.4) is 0 Å². The van der Waals surface area contributed by atoms with E-state index in [4.69, 9.17) is 10.9 Å². The van der Waals surface area contributed by atoms with E-state index in [2.05, 4.69) is 10.1 Å². The number of aromatic nitrogens is 1. The number of pyridine rings is 1. The number of rotatable bonds is 5. The summed E-state index contributed by atoms with van der Waals surface area (Å²) < 4.78 is 0. The van der Waals surface area contributed by atoms with Crippen LogP contribution in [0.4, 0.5) is 0 Å². The number of oxime groups is 1. The van der Waals surface area contributed by atoms with Crippen LogP contribution in [-0.4, -0.2) is 39.9 Å². The Morgan fingerprint density at radius 2 is 2.41 bits per heavy atom. The molecule has 0 aromatic carbocycles.